The lowest BCUT2D eigenvalue weighted by atomic mass is 10.0. The van der Waals surface area contributed by atoms with Crippen LogP contribution < -0.4 is 21.9 Å². The third-order valence-electron chi connectivity index (χ3n) is 11.6. The first kappa shape index (κ1) is 56.6. The minimum atomic E-state index is -0.567. The van der Waals surface area contributed by atoms with Crippen molar-refractivity contribution in [3.63, 3.8) is 0 Å². The molecule has 0 aliphatic carbocycles. The second-order valence-electron chi connectivity index (χ2n) is 17.2. The molecule has 1 rings (SSSR count). The number of nitrogen functional groups attached to an aromatic ring is 1. The number of anilines is 2. The number of esters is 1. The van der Waals surface area contributed by atoms with Crippen LogP contribution >= 0.6 is 0 Å². The summed E-state index contributed by atoms with van der Waals surface area (Å²) < 4.78 is 10.6. The average Bonchev–Trinajstić information content (AvgIpc) is 3.24. The SMILES string of the molecule is CCCCCCCCC(CCCCCCCC)OC=O.CCCCCCCCCOC(=O)CCCCCCCN(CCCCCCCC)CCCNc1c(N)c(=O)c1=O. The summed E-state index contributed by atoms with van der Waals surface area (Å²) in [5.41, 5.74) is 4.92. The fourth-order valence-corrected chi connectivity index (χ4v) is 7.67. The molecule has 0 amide bonds. The zero-order chi connectivity index (χ0) is 43.4. The standard InChI is InChI=1S/C32H59N3O4.C18H36O2/c1-3-5-7-9-11-16-20-27-39-28(36)22-17-13-12-15-19-25-35(24-18-14-10-8-6-4-2)26-21-23-34-30-29(33)31(37)32(30)38;1-3-5-7-9-11-13-15-18(20-17-19)16-14-12-10-8-6-4-2/h34H,3-27,33H2,1-2H3;17-18H,3-16H2,1-2H3. The maximum absolute atomic E-state index is 11.9. The molecule has 0 bridgehead atoms. The highest BCUT2D eigenvalue weighted by Crippen LogP contribution is 2.17. The van der Waals surface area contributed by atoms with Gasteiger partial charge in [0.15, 0.2) is 0 Å². The van der Waals surface area contributed by atoms with E-state index in [9.17, 15) is 19.2 Å². The maximum Gasteiger partial charge on any atom is 0.305 e. The fraction of sp³-hybridized carbons (Fsp3) is 0.880. The first-order valence-corrected chi connectivity index (χ1v) is 25.2. The van der Waals surface area contributed by atoms with Crippen LogP contribution in [0, 0.1) is 0 Å². The third-order valence-corrected chi connectivity index (χ3v) is 11.6. The van der Waals surface area contributed by atoms with Gasteiger partial charge in [0.2, 0.25) is 0 Å². The highest BCUT2D eigenvalue weighted by molar-refractivity contribution is 5.71. The van der Waals surface area contributed by atoms with Crippen LogP contribution in [-0.2, 0) is 19.1 Å². The van der Waals surface area contributed by atoms with Crippen LogP contribution in [0.4, 0.5) is 11.4 Å². The topological polar surface area (TPSA) is 128 Å². The average molecular weight is 834 g/mol. The highest BCUT2D eigenvalue weighted by atomic mass is 16.5. The van der Waals surface area contributed by atoms with Gasteiger partial charge < -0.3 is 25.4 Å². The molecule has 346 valence electrons. The molecule has 0 spiro atoms. The lowest BCUT2D eigenvalue weighted by Crippen LogP contribution is -2.37. The van der Waals surface area contributed by atoms with Gasteiger partial charge in [-0.1, -0.05) is 182 Å². The fourth-order valence-electron chi connectivity index (χ4n) is 7.67. The zero-order valence-corrected chi connectivity index (χ0v) is 39.2. The first-order chi connectivity index (χ1) is 28.9. The van der Waals surface area contributed by atoms with Gasteiger partial charge in [-0.2, -0.15) is 0 Å². The molecule has 0 fully saturated rings. The number of rotatable bonds is 44. The van der Waals surface area contributed by atoms with Gasteiger partial charge in [0, 0.05) is 13.0 Å². The molecule has 0 aromatic heterocycles. The predicted octanol–water partition coefficient (Wildman–Crippen LogP) is 13.0. The summed E-state index contributed by atoms with van der Waals surface area (Å²) in [5, 5.41) is 3.04. The lowest BCUT2D eigenvalue weighted by molar-refractivity contribution is -0.144. The van der Waals surface area contributed by atoms with E-state index < -0.39 is 10.9 Å². The number of unbranched alkanes of at least 4 members (excludes halogenated alkanes) is 25. The summed E-state index contributed by atoms with van der Waals surface area (Å²) >= 11 is 0. The van der Waals surface area contributed by atoms with E-state index in [4.69, 9.17) is 15.2 Å². The molecule has 0 unspecified atom stereocenters. The molecule has 1 aromatic rings. The normalized spacial score (nSPS) is 11.3. The van der Waals surface area contributed by atoms with E-state index in [1.165, 1.54) is 154 Å². The van der Waals surface area contributed by atoms with Crippen molar-refractivity contribution in [2.45, 2.75) is 252 Å². The van der Waals surface area contributed by atoms with Crippen LogP contribution in [0.1, 0.15) is 246 Å². The molecular formula is C50H95N3O6. The molecule has 59 heavy (non-hydrogen) atoms. The Bertz CT molecular complexity index is 1120. The van der Waals surface area contributed by atoms with Crippen molar-refractivity contribution in [3.05, 3.63) is 20.4 Å². The minimum Gasteiger partial charge on any atom is -0.466 e. The van der Waals surface area contributed by atoms with Crippen LogP contribution in [-0.4, -0.2) is 56.2 Å². The quantitative estimate of drug-likeness (QED) is 0.0286. The Hall–Kier alpha value is -2.42. The first-order valence-electron chi connectivity index (χ1n) is 25.2. The maximum atomic E-state index is 11.9. The van der Waals surface area contributed by atoms with Crippen molar-refractivity contribution in [1.29, 1.82) is 0 Å². The van der Waals surface area contributed by atoms with Crippen LogP contribution in [0.5, 0.6) is 0 Å². The van der Waals surface area contributed by atoms with Gasteiger partial charge in [0.25, 0.3) is 17.3 Å². The molecule has 0 aliphatic heterocycles. The summed E-state index contributed by atoms with van der Waals surface area (Å²) in [6, 6.07) is 0. The van der Waals surface area contributed by atoms with Crippen molar-refractivity contribution in [2.75, 3.05) is 43.8 Å². The third kappa shape index (κ3) is 34.9. The molecule has 1 aromatic carbocycles. The van der Waals surface area contributed by atoms with Gasteiger partial charge in [-0.3, -0.25) is 19.2 Å². The molecule has 0 heterocycles. The van der Waals surface area contributed by atoms with Crippen molar-refractivity contribution in [2.24, 2.45) is 0 Å². The lowest BCUT2D eigenvalue weighted by Gasteiger charge is -2.23. The Labute approximate surface area is 363 Å². The van der Waals surface area contributed by atoms with Gasteiger partial charge in [-0.15, -0.1) is 0 Å². The monoisotopic (exact) mass is 834 g/mol. The van der Waals surface area contributed by atoms with Crippen molar-refractivity contribution in [1.82, 2.24) is 4.90 Å². The minimum absolute atomic E-state index is 0.0369. The Morgan fingerprint density at radius 3 is 1.42 bits per heavy atom. The van der Waals surface area contributed by atoms with Gasteiger partial charge in [-0.25, -0.2) is 0 Å². The van der Waals surface area contributed by atoms with Crippen molar-refractivity contribution in [3.8, 4) is 0 Å². The number of nitrogens with one attached hydrogen (secondary N) is 1. The smallest absolute Gasteiger partial charge is 0.305 e. The van der Waals surface area contributed by atoms with Crippen LogP contribution in [0.2, 0.25) is 0 Å². The van der Waals surface area contributed by atoms with Gasteiger partial charge >= 0.3 is 5.97 Å². The second kappa shape index (κ2) is 43.7. The van der Waals surface area contributed by atoms with Gasteiger partial charge in [-0.05, 0) is 77.4 Å². The van der Waals surface area contributed by atoms with Crippen LogP contribution in [0.25, 0.3) is 0 Å². The number of carbonyl (C=O) groups excluding carboxylic acids is 2. The summed E-state index contributed by atoms with van der Waals surface area (Å²) in [4.78, 5) is 47.8. The Kier molecular flexibility index (Phi) is 41.9. The molecule has 0 aliphatic rings. The molecule has 9 heteroatoms. The summed E-state index contributed by atoms with van der Waals surface area (Å²) in [6.45, 7) is 14.0. The van der Waals surface area contributed by atoms with Crippen LogP contribution in [0.15, 0.2) is 9.59 Å². The van der Waals surface area contributed by atoms with Crippen LogP contribution in [0.3, 0.4) is 0 Å². The Morgan fingerprint density at radius 2 is 0.966 bits per heavy atom. The molecule has 9 nitrogen and oxygen atoms in total. The van der Waals surface area contributed by atoms with E-state index in [0.717, 1.165) is 77.4 Å². The molecule has 0 radical (unpaired) electrons. The number of carbonyl (C=O) groups is 2. The summed E-state index contributed by atoms with van der Waals surface area (Å²) in [7, 11) is 0. The number of ether oxygens (including phenoxy) is 2. The molecular weight excluding hydrogens is 739 g/mol. The summed E-state index contributed by atoms with van der Waals surface area (Å²) in [5.74, 6) is -0.0369. The molecule has 0 saturated carbocycles. The van der Waals surface area contributed by atoms with Crippen molar-refractivity contribution < 1.29 is 19.1 Å². The number of hydrogen-bond donors (Lipinski definition) is 2. The van der Waals surface area contributed by atoms with E-state index >= 15 is 0 Å². The number of hydrogen-bond acceptors (Lipinski definition) is 9. The van der Waals surface area contributed by atoms with E-state index in [2.05, 4.69) is 37.9 Å². The largest absolute Gasteiger partial charge is 0.466 e. The highest BCUT2D eigenvalue weighted by Gasteiger charge is 2.17. The predicted molar refractivity (Wildman–Crippen MR) is 252 cm³/mol. The van der Waals surface area contributed by atoms with E-state index in [1.54, 1.807) is 0 Å². The van der Waals surface area contributed by atoms with E-state index in [1.807, 2.05) is 0 Å². The zero-order valence-electron chi connectivity index (χ0n) is 39.2. The molecule has 0 atom stereocenters. The van der Waals surface area contributed by atoms with Crippen molar-refractivity contribution >= 4 is 23.8 Å². The molecule has 0 saturated heterocycles. The second-order valence-corrected chi connectivity index (χ2v) is 17.2. The van der Waals surface area contributed by atoms with E-state index in [0.29, 0.717) is 31.7 Å². The Balaban J connectivity index is 0.00000141. The van der Waals surface area contributed by atoms with Gasteiger partial charge in [0.05, 0.1) is 6.61 Å². The van der Waals surface area contributed by atoms with Gasteiger partial charge in [0.1, 0.15) is 17.5 Å². The number of nitrogens with two attached hydrogens (primary N) is 1. The summed E-state index contributed by atoms with van der Waals surface area (Å²) in [6.07, 6.45) is 41.3. The van der Waals surface area contributed by atoms with E-state index in [-0.39, 0.29) is 17.8 Å². The molecule has 3 N–H and O–H groups in total. The number of nitrogens with zero attached hydrogens (tertiary/aromatic N) is 1. The Morgan fingerprint density at radius 1 is 0.559 bits per heavy atom.